The Balaban J connectivity index is 2.08. The van der Waals surface area contributed by atoms with Crippen LogP contribution in [0.5, 0.6) is 5.75 Å². The van der Waals surface area contributed by atoms with Crippen molar-refractivity contribution in [2.24, 2.45) is 0 Å². The number of nitriles is 1. The predicted octanol–water partition coefficient (Wildman–Crippen LogP) is 4.53. The van der Waals surface area contributed by atoms with E-state index in [2.05, 4.69) is 24.3 Å². The van der Waals surface area contributed by atoms with Crippen molar-refractivity contribution in [2.45, 2.75) is 40.2 Å². The van der Waals surface area contributed by atoms with Gasteiger partial charge in [0.05, 0.1) is 30.0 Å². The highest BCUT2D eigenvalue weighted by Gasteiger charge is 2.18. The van der Waals surface area contributed by atoms with Gasteiger partial charge in [0.1, 0.15) is 5.75 Å². The van der Waals surface area contributed by atoms with E-state index >= 15 is 0 Å². The van der Waals surface area contributed by atoms with Gasteiger partial charge in [-0.1, -0.05) is 0 Å². The molecule has 0 radical (unpaired) electrons. The highest BCUT2D eigenvalue weighted by atomic mass is 32.1. The molecule has 2 aromatic heterocycles. The Morgan fingerprint density at radius 2 is 1.96 bits per heavy atom. The van der Waals surface area contributed by atoms with Gasteiger partial charge in [-0.15, -0.1) is 11.3 Å². The Morgan fingerprint density at radius 3 is 2.57 bits per heavy atom. The Hall–Kier alpha value is -2.32. The number of benzene rings is 1. The topological polar surface area (TPSA) is 50.3 Å². The summed E-state index contributed by atoms with van der Waals surface area (Å²) in [6, 6.07) is 10.2. The second-order valence-corrected chi connectivity index (χ2v) is 6.98. The molecule has 118 valence electrons. The molecule has 0 amide bonds. The van der Waals surface area contributed by atoms with E-state index in [9.17, 15) is 5.26 Å². The van der Waals surface area contributed by atoms with Crippen LogP contribution in [0, 0.1) is 25.2 Å². The summed E-state index contributed by atoms with van der Waals surface area (Å²) >= 11 is 1.66. The first-order valence-electron chi connectivity index (χ1n) is 7.62. The predicted molar refractivity (Wildman–Crippen MR) is 93.1 cm³/mol. The van der Waals surface area contributed by atoms with Gasteiger partial charge in [0.2, 0.25) is 0 Å². The number of fused-ring (bicyclic) bond motifs is 1. The molecule has 2 heterocycles. The van der Waals surface area contributed by atoms with Crippen LogP contribution in [0.25, 0.3) is 16.2 Å². The van der Waals surface area contributed by atoms with Crippen LogP contribution < -0.4 is 4.74 Å². The zero-order chi connectivity index (χ0) is 16.6. The third kappa shape index (κ3) is 2.82. The molecular formula is C18H19N3OS. The summed E-state index contributed by atoms with van der Waals surface area (Å²) < 4.78 is 7.79. The molecule has 3 rings (SSSR count). The number of rotatable bonds is 4. The number of hydrogen-bond acceptors (Lipinski definition) is 4. The largest absolute Gasteiger partial charge is 0.491 e. The van der Waals surface area contributed by atoms with Gasteiger partial charge in [-0.25, -0.2) is 4.98 Å². The average molecular weight is 325 g/mol. The molecule has 4 nitrogen and oxygen atoms in total. The quantitative estimate of drug-likeness (QED) is 0.708. The first-order chi connectivity index (χ1) is 11.0. The smallest absolute Gasteiger partial charge is 0.194 e. The maximum atomic E-state index is 9.20. The van der Waals surface area contributed by atoms with E-state index in [0.717, 1.165) is 33.4 Å². The van der Waals surface area contributed by atoms with Crippen molar-refractivity contribution < 1.29 is 4.74 Å². The number of aromatic nitrogens is 2. The minimum Gasteiger partial charge on any atom is -0.491 e. The fraction of sp³-hybridized carbons (Fsp3) is 0.333. The van der Waals surface area contributed by atoms with Crippen molar-refractivity contribution in [2.75, 3.05) is 0 Å². The van der Waals surface area contributed by atoms with Crippen molar-refractivity contribution in [3.63, 3.8) is 0 Å². The maximum absolute atomic E-state index is 9.20. The summed E-state index contributed by atoms with van der Waals surface area (Å²) in [6.45, 7) is 8.17. The number of thiazole rings is 1. The third-order valence-electron chi connectivity index (χ3n) is 3.78. The summed E-state index contributed by atoms with van der Waals surface area (Å²) in [4.78, 5) is 6.95. The summed E-state index contributed by atoms with van der Waals surface area (Å²) in [7, 11) is 0. The van der Waals surface area contributed by atoms with Gasteiger partial charge in [0, 0.05) is 16.1 Å². The van der Waals surface area contributed by atoms with E-state index in [0.29, 0.717) is 6.42 Å². The zero-order valence-electron chi connectivity index (χ0n) is 13.8. The highest BCUT2D eigenvalue weighted by Crippen LogP contribution is 2.31. The zero-order valence-corrected chi connectivity index (χ0v) is 14.6. The summed E-state index contributed by atoms with van der Waals surface area (Å²) in [6.07, 6.45) is 0.496. The lowest BCUT2D eigenvalue weighted by Gasteiger charge is -2.10. The Labute approximate surface area is 140 Å². The van der Waals surface area contributed by atoms with Gasteiger partial charge in [0.15, 0.2) is 4.96 Å². The highest BCUT2D eigenvalue weighted by molar-refractivity contribution is 7.17. The molecule has 0 fully saturated rings. The van der Waals surface area contributed by atoms with Crippen LogP contribution >= 0.6 is 11.3 Å². The van der Waals surface area contributed by atoms with E-state index in [1.807, 2.05) is 38.1 Å². The number of imidazole rings is 1. The van der Waals surface area contributed by atoms with Gasteiger partial charge >= 0.3 is 0 Å². The van der Waals surface area contributed by atoms with Crippen LogP contribution in [0.15, 0.2) is 24.3 Å². The second kappa shape index (κ2) is 6.05. The number of ether oxygens (including phenoxy) is 1. The van der Waals surface area contributed by atoms with E-state index in [1.54, 1.807) is 11.3 Å². The van der Waals surface area contributed by atoms with Gasteiger partial charge in [-0.3, -0.25) is 4.40 Å². The lowest BCUT2D eigenvalue weighted by molar-refractivity contribution is 0.242. The van der Waals surface area contributed by atoms with Crippen LogP contribution in [0.4, 0.5) is 0 Å². The molecule has 0 aliphatic carbocycles. The molecule has 0 saturated heterocycles. The van der Waals surface area contributed by atoms with Crippen LogP contribution in [-0.2, 0) is 6.42 Å². The standard InChI is InChI=1S/C18H19N3OS/c1-11(2)22-15-7-5-14(6-8-15)17-16(9-10-19)21-12(3)13(4)23-18(21)20-17/h5-8,11H,9H2,1-4H3. The normalized spacial score (nSPS) is 11.1. The first kappa shape index (κ1) is 15.6. The van der Waals surface area contributed by atoms with Gasteiger partial charge in [-0.05, 0) is 52.0 Å². The van der Waals surface area contributed by atoms with Crippen molar-refractivity contribution in [3.8, 4) is 23.1 Å². The number of nitrogens with zero attached hydrogens (tertiary/aromatic N) is 3. The number of hydrogen-bond donors (Lipinski definition) is 0. The Bertz CT molecular complexity index is 882. The van der Waals surface area contributed by atoms with Crippen LogP contribution in [-0.4, -0.2) is 15.5 Å². The lowest BCUT2D eigenvalue weighted by Crippen LogP contribution is -2.05. The van der Waals surface area contributed by atoms with Crippen molar-refractivity contribution in [1.29, 1.82) is 5.26 Å². The van der Waals surface area contributed by atoms with E-state index in [4.69, 9.17) is 9.72 Å². The first-order valence-corrected chi connectivity index (χ1v) is 8.44. The summed E-state index contributed by atoms with van der Waals surface area (Å²) in [5, 5.41) is 9.20. The van der Waals surface area contributed by atoms with Crippen molar-refractivity contribution >= 4 is 16.3 Å². The second-order valence-electron chi connectivity index (χ2n) is 5.79. The molecule has 0 aliphatic heterocycles. The lowest BCUT2D eigenvalue weighted by atomic mass is 10.1. The van der Waals surface area contributed by atoms with Crippen molar-refractivity contribution in [1.82, 2.24) is 9.38 Å². The molecule has 5 heteroatoms. The molecule has 0 bridgehead atoms. The fourth-order valence-corrected chi connectivity index (χ4v) is 3.63. The van der Waals surface area contributed by atoms with Crippen LogP contribution in [0.3, 0.4) is 0 Å². The summed E-state index contributed by atoms with van der Waals surface area (Å²) in [5.41, 5.74) is 4.02. The van der Waals surface area contributed by atoms with Gasteiger partial charge < -0.3 is 4.74 Å². The molecular weight excluding hydrogens is 306 g/mol. The number of aryl methyl sites for hydroxylation is 2. The van der Waals surface area contributed by atoms with Crippen LogP contribution in [0.2, 0.25) is 0 Å². The SMILES string of the molecule is Cc1sc2nc(-c3ccc(OC(C)C)cc3)c(CC#N)n2c1C. The molecule has 0 saturated carbocycles. The molecule has 23 heavy (non-hydrogen) atoms. The van der Waals surface area contributed by atoms with Crippen LogP contribution in [0.1, 0.15) is 30.1 Å². The summed E-state index contributed by atoms with van der Waals surface area (Å²) in [5.74, 6) is 0.846. The minimum absolute atomic E-state index is 0.151. The molecule has 0 N–H and O–H groups in total. The molecule has 3 aromatic rings. The molecule has 0 unspecified atom stereocenters. The molecule has 0 atom stereocenters. The van der Waals surface area contributed by atoms with Crippen molar-refractivity contribution in [3.05, 3.63) is 40.5 Å². The molecule has 1 aromatic carbocycles. The maximum Gasteiger partial charge on any atom is 0.194 e. The molecule has 0 aliphatic rings. The third-order valence-corrected chi connectivity index (χ3v) is 4.84. The van der Waals surface area contributed by atoms with E-state index in [-0.39, 0.29) is 6.10 Å². The molecule has 0 spiro atoms. The van der Waals surface area contributed by atoms with E-state index in [1.165, 1.54) is 4.88 Å². The fourth-order valence-electron chi connectivity index (χ4n) is 2.65. The average Bonchev–Trinajstić information content (AvgIpc) is 2.98. The van der Waals surface area contributed by atoms with Gasteiger partial charge in [0.25, 0.3) is 0 Å². The van der Waals surface area contributed by atoms with Gasteiger partial charge in [-0.2, -0.15) is 5.26 Å². The Kier molecular flexibility index (Phi) is 4.10. The van der Waals surface area contributed by atoms with E-state index < -0.39 is 0 Å². The Morgan fingerprint density at radius 1 is 1.26 bits per heavy atom. The monoisotopic (exact) mass is 325 g/mol. The minimum atomic E-state index is 0.151.